The van der Waals surface area contributed by atoms with Crippen LogP contribution in [-0.2, 0) is 9.47 Å². The van der Waals surface area contributed by atoms with Crippen molar-refractivity contribution < 1.29 is 9.47 Å². The number of rotatable bonds is 1. The van der Waals surface area contributed by atoms with Crippen LogP contribution in [-0.4, -0.2) is 47.3 Å². The molecule has 0 radical (unpaired) electrons. The summed E-state index contributed by atoms with van der Waals surface area (Å²) in [6.07, 6.45) is 1.59. The third-order valence-electron chi connectivity index (χ3n) is 3.49. The molecule has 3 rings (SSSR count). The average molecular weight is 252 g/mol. The van der Waals surface area contributed by atoms with Crippen molar-refractivity contribution in [3.63, 3.8) is 0 Å². The van der Waals surface area contributed by atoms with Gasteiger partial charge in [0.05, 0.1) is 13.2 Å². The van der Waals surface area contributed by atoms with Crippen LogP contribution in [0.3, 0.4) is 0 Å². The summed E-state index contributed by atoms with van der Waals surface area (Å²) in [4.78, 5) is 17.3. The fourth-order valence-corrected chi connectivity index (χ4v) is 2.53. The normalized spacial score (nSPS) is 22.6. The predicted octanol–water partition coefficient (Wildman–Crippen LogP) is -0.183. The minimum absolute atomic E-state index is 0.404. The standard InChI is InChI=1S/C11H16N4O3/c1-8-9(12-10(16)14-13-8)15-4-2-11(3-5-15)17-6-7-18-11/h2-7H2,1H3,(H,12,14,16). The first-order chi connectivity index (χ1) is 8.69. The van der Waals surface area contributed by atoms with Crippen LogP contribution in [0.15, 0.2) is 4.79 Å². The first kappa shape index (κ1) is 11.6. The zero-order valence-corrected chi connectivity index (χ0v) is 10.3. The maximum atomic E-state index is 11.2. The van der Waals surface area contributed by atoms with Gasteiger partial charge in [0.1, 0.15) is 5.69 Å². The number of hydrogen-bond donors (Lipinski definition) is 1. The highest BCUT2D eigenvalue weighted by molar-refractivity contribution is 5.42. The van der Waals surface area contributed by atoms with Crippen molar-refractivity contribution in [1.82, 2.24) is 15.2 Å². The van der Waals surface area contributed by atoms with Gasteiger partial charge < -0.3 is 14.4 Å². The highest BCUT2D eigenvalue weighted by atomic mass is 16.7. The predicted molar refractivity (Wildman–Crippen MR) is 63.5 cm³/mol. The van der Waals surface area contributed by atoms with E-state index in [4.69, 9.17) is 9.47 Å². The summed E-state index contributed by atoms with van der Waals surface area (Å²) in [5, 5.41) is 6.27. The second-order valence-corrected chi connectivity index (χ2v) is 4.64. The third-order valence-corrected chi connectivity index (χ3v) is 3.49. The molecule has 2 fully saturated rings. The van der Waals surface area contributed by atoms with E-state index in [0.717, 1.165) is 31.6 Å². The van der Waals surface area contributed by atoms with Gasteiger partial charge in [0.2, 0.25) is 0 Å². The number of anilines is 1. The highest BCUT2D eigenvalue weighted by Gasteiger charge is 2.40. The van der Waals surface area contributed by atoms with E-state index < -0.39 is 11.5 Å². The monoisotopic (exact) mass is 252 g/mol. The lowest BCUT2D eigenvalue weighted by Crippen LogP contribution is -2.46. The van der Waals surface area contributed by atoms with Crippen LogP contribution in [0.2, 0.25) is 0 Å². The summed E-state index contributed by atoms with van der Waals surface area (Å²) in [6, 6.07) is 0. The molecule has 0 amide bonds. The van der Waals surface area contributed by atoms with Crippen molar-refractivity contribution in [2.45, 2.75) is 25.6 Å². The number of nitrogens with zero attached hydrogens (tertiary/aromatic N) is 3. The molecule has 18 heavy (non-hydrogen) atoms. The third kappa shape index (κ3) is 1.99. The topological polar surface area (TPSA) is 80.3 Å². The van der Waals surface area contributed by atoms with Crippen LogP contribution in [0.25, 0.3) is 0 Å². The van der Waals surface area contributed by atoms with Gasteiger partial charge in [0.25, 0.3) is 0 Å². The number of ether oxygens (including phenoxy) is 2. The molecule has 0 unspecified atom stereocenters. The maximum Gasteiger partial charge on any atom is 0.363 e. The van der Waals surface area contributed by atoms with E-state index in [1.165, 1.54) is 0 Å². The van der Waals surface area contributed by atoms with Crippen molar-refractivity contribution in [2.75, 3.05) is 31.2 Å². The Morgan fingerprint density at radius 2 is 1.94 bits per heavy atom. The number of hydrogen-bond acceptors (Lipinski definition) is 6. The minimum atomic E-state index is -0.413. The Hall–Kier alpha value is -1.47. The SMILES string of the molecule is Cc1n[nH]c(=O)nc1N1CCC2(CC1)OCCO2. The lowest BCUT2D eigenvalue weighted by atomic mass is 10.0. The molecule has 0 aromatic carbocycles. The van der Waals surface area contributed by atoms with Gasteiger partial charge in [-0.05, 0) is 6.92 Å². The largest absolute Gasteiger partial charge is 0.363 e. The number of aromatic amines is 1. The lowest BCUT2D eigenvalue weighted by molar-refractivity contribution is -0.169. The van der Waals surface area contributed by atoms with Crippen LogP contribution >= 0.6 is 0 Å². The zero-order valence-electron chi connectivity index (χ0n) is 10.3. The molecule has 1 aromatic heterocycles. The van der Waals surface area contributed by atoms with Crippen LogP contribution in [0.1, 0.15) is 18.5 Å². The second-order valence-electron chi connectivity index (χ2n) is 4.64. The number of piperidine rings is 1. The Bertz CT molecular complexity index is 485. The highest BCUT2D eigenvalue weighted by Crippen LogP contribution is 2.32. The van der Waals surface area contributed by atoms with Gasteiger partial charge >= 0.3 is 5.69 Å². The summed E-state index contributed by atoms with van der Waals surface area (Å²) in [5.74, 6) is 0.255. The second kappa shape index (κ2) is 4.33. The Labute approximate surface area is 104 Å². The van der Waals surface area contributed by atoms with E-state index in [-0.39, 0.29) is 0 Å². The Kier molecular flexibility index (Phi) is 2.79. The number of aromatic nitrogens is 3. The van der Waals surface area contributed by atoms with Crippen LogP contribution in [0.5, 0.6) is 0 Å². The first-order valence-electron chi connectivity index (χ1n) is 6.15. The van der Waals surface area contributed by atoms with E-state index in [1.54, 1.807) is 0 Å². The van der Waals surface area contributed by atoms with Crippen LogP contribution in [0.4, 0.5) is 5.82 Å². The molecule has 98 valence electrons. The van der Waals surface area contributed by atoms with Crippen molar-refractivity contribution in [3.8, 4) is 0 Å². The van der Waals surface area contributed by atoms with E-state index in [9.17, 15) is 4.79 Å². The average Bonchev–Trinajstić information content (AvgIpc) is 2.82. The molecule has 7 heteroatoms. The summed E-state index contributed by atoms with van der Waals surface area (Å²) in [5.41, 5.74) is 0.322. The zero-order chi connectivity index (χ0) is 12.6. The molecule has 0 saturated carbocycles. The molecule has 1 spiro atoms. The van der Waals surface area contributed by atoms with Gasteiger partial charge in [-0.3, -0.25) is 0 Å². The van der Waals surface area contributed by atoms with Gasteiger partial charge in [0.15, 0.2) is 11.6 Å². The molecule has 7 nitrogen and oxygen atoms in total. The number of aryl methyl sites for hydroxylation is 1. The Morgan fingerprint density at radius 1 is 1.28 bits per heavy atom. The quantitative estimate of drug-likeness (QED) is 0.746. The molecule has 3 heterocycles. The Balaban J connectivity index is 1.76. The van der Waals surface area contributed by atoms with Crippen molar-refractivity contribution in [2.24, 2.45) is 0 Å². The fourth-order valence-electron chi connectivity index (χ4n) is 2.53. The summed E-state index contributed by atoms with van der Waals surface area (Å²) in [6.45, 7) is 4.71. The maximum absolute atomic E-state index is 11.2. The lowest BCUT2D eigenvalue weighted by Gasteiger charge is -2.38. The van der Waals surface area contributed by atoms with Gasteiger partial charge in [-0.1, -0.05) is 0 Å². The van der Waals surface area contributed by atoms with E-state index in [1.807, 2.05) is 6.92 Å². The van der Waals surface area contributed by atoms with Gasteiger partial charge in [-0.2, -0.15) is 10.1 Å². The van der Waals surface area contributed by atoms with Crippen molar-refractivity contribution in [3.05, 3.63) is 16.2 Å². The summed E-state index contributed by atoms with van der Waals surface area (Å²) < 4.78 is 11.3. The summed E-state index contributed by atoms with van der Waals surface area (Å²) in [7, 11) is 0. The molecular formula is C11H16N4O3. The molecule has 2 aliphatic heterocycles. The molecule has 0 bridgehead atoms. The van der Waals surface area contributed by atoms with Crippen molar-refractivity contribution in [1.29, 1.82) is 0 Å². The van der Waals surface area contributed by atoms with Gasteiger partial charge in [-0.25, -0.2) is 9.89 Å². The fraction of sp³-hybridized carbons (Fsp3) is 0.727. The van der Waals surface area contributed by atoms with Crippen LogP contribution in [0, 0.1) is 6.92 Å². The number of H-pyrrole nitrogens is 1. The van der Waals surface area contributed by atoms with E-state index in [2.05, 4.69) is 20.1 Å². The summed E-state index contributed by atoms with van der Waals surface area (Å²) >= 11 is 0. The molecule has 2 aliphatic rings. The Morgan fingerprint density at radius 3 is 2.61 bits per heavy atom. The van der Waals surface area contributed by atoms with E-state index in [0.29, 0.717) is 19.0 Å². The van der Waals surface area contributed by atoms with Crippen LogP contribution < -0.4 is 10.6 Å². The molecule has 2 saturated heterocycles. The number of nitrogens with one attached hydrogen (secondary N) is 1. The first-order valence-corrected chi connectivity index (χ1v) is 6.15. The van der Waals surface area contributed by atoms with E-state index >= 15 is 0 Å². The molecule has 0 atom stereocenters. The molecule has 1 aromatic rings. The molecule has 1 N–H and O–H groups in total. The minimum Gasteiger partial charge on any atom is -0.354 e. The van der Waals surface area contributed by atoms with Crippen molar-refractivity contribution >= 4 is 5.82 Å². The smallest absolute Gasteiger partial charge is 0.354 e. The van der Waals surface area contributed by atoms with Gasteiger partial charge in [0, 0.05) is 25.9 Å². The van der Waals surface area contributed by atoms with Gasteiger partial charge in [-0.15, -0.1) is 0 Å². The molecular weight excluding hydrogens is 236 g/mol. The molecule has 0 aliphatic carbocycles.